The summed E-state index contributed by atoms with van der Waals surface area (Å²) in [7, 11) is 1.63. The lowest BCUT2D eigenvalue weighted by Gasteiger charge is -2.19. The van der Waals surface area contributed by atoms with Crippen LogP contribution >= 0.6 is 0 Å². The Morgan fingerprint density at radius 3 is 2.24 bits per heavy atom. The van der Waals surface area contributed by atoms with E-state index in [2.05, 4.69) is 20.9 Å². The molecule has 0 bridgehead atoms. The molecule has 7 heteroatoms. The summed E-state index contributed by atoms with van der Waals surface area (Å²) in [6.45, 7) is 3.11. The maximum absolute atomic E-state index is 13.3. The molecule has 3 N–H and O–H groups in total. The molecular formula is C31H32N4O3. The van der Waals surface area contributed by atoms with Gasteiger partial charge in [-0.25, -0.2) is 0 Å². The molecule has 0 saturated carbocycles. The van der Waals surface area contributed by atoms with Gasteiger partial charge >= 0.3 is 0 Å². The van der Waals surface area contributed by atoms with E-state index in [1.165, 1.54) is 0 Å². The van der Waals surface area contributed by atoms with Gasteiger partial charge in [-0.1, -0.05) is 42.0 Å². The van der Waals surface area contributed by atoms with Crippen molar-refractivity contribution in [3.8, 4) is 16.9 Å². The summed E-state index contributed by atoms with van der Waals surface area (Å²) in [6.07, 6.45) is 3.50. The van der Waals surface area contributed by atoms with E-state index in [1.54, 1.807) is 25.6 Å². The van der Waals surface area contributed by atoms with Crippen LogP contribution in [0.4, 0.5) is 5.69 Å². The van der Waals surface area contributed by atoms with Crippen molar-refractivity contribution < 1.29 is 14.3 Å². The van der Waals surface area contributed by atoms with Gasteiger partial charge in [0.2, 0.25) is 5.91 Å². The zero-order chi connectivity index (χ0) is 26.7. The molecule has 1 heterocycles. The standard InChI is InChI=1S/C31H32N4O3/c1-22-4-3-5-26(20-22)30(36)35-21-29(25-8-6-23(7-9-25)24-14-16-32-17-15-24)31(37)34-19-18-33-27-10-12-28(38-2)13-11-27/h3-17,20,29,33H,18-19,21H2,1-2H3,(H,34,37)(H,35,36). The van der Waals surface area contributed by atoms with E-state index >= 15 is 0 Å². The minimum Gasteiger partial charge on any atom is -0.497 e. The van der Waals surface area contributed by atoms with Gasteiger partial charge in [0.15, 0.2) is 0 Å². The smallest absolute Gasteiger partial charge is 0.251 e. The molecular weight excluding hydrogens is 476 g/mol. The lowest BCUT2D eigenvalue weighted by molar-refractivity contribution is -0.122. The first-order chi connectivity index (χ1) is 18.5. The Balaban J connectivity index is 1.42. The topological polar surface area (TPSA) is 92.4 Å². The van der Waals surface area contributed by atoms with E-state index < -0.39 is 5.92 Å². The van der Waals surface area contributed by atoms with Gasteiger partial charge in [0.25, 0.3) is 5.91 Å². The summed E-state index contributed by atoms with van der Waals surface area (Å²) in [4.78, 5) is 30.1. The Hall–Kier alpha value is -4.65. The summed E-state index contributed by atoms with van der Waals surface area (Å²) in [5, 5.41) is 9.24. The molecule has 1 aromatic heterocycles. The van der Waals surface area contributed by atoms with Crippen molar-refractivity contribution in [3.63, 3.8) is 0 Å². The summed E-state index contributed by atoms with van der Waals surface area (Å²) in [5.74, 6) is -0.116. The molecule has 1 atom stereocenters. The first-order valence-corrected chi connectivity index (χ1v) is 12.5. The van der Waals surface area contributed by atoms with Crippen LogP contribution in [0.2, 0.25) is 0 Å². The molecule has 0 saturated heterocycles. The number of benzene rings is 3. The van der Waals surface area contributed by atoms with Gasteiger partial charge in [-0.2, -0.15) is 0 Å². The average Bonchev–Trinajstić information content (AvgIpc) is 2.96. The van der Waals surface area contributed by atoms with Gasteiger partial charge < -0.3 is 20.7 Å². The number of hydrogen-bond donors (Lipinski definition) is 3. The van der Waals surface area contributed by atoms with E-state index in [1.807, 2.05) is 85.8 Å². The fraction of sp³-hybridized carbons (Fsp3) is 0.194. The third-order valence-corrected chi connectivity index (χ3v) is 6.23. The van der Waals surface area contributed by atoms with E-state index in [-0.39, 0.29) is 18.4 Å². The normalized spacial score (nSPS) is 11.3. The Bertz CT molecular complexity index is 1340. The largest absolute Gasteiger partial charge is 0.497 e. The van der Waals surface area contributed by atoms with Gasteiger partial charge in [-0.05, 0) is 72.1 Å². The van der Waals surface area contributed by atoms with Crippen LogP contribution in [-0.4, -0.2) is 43.5 Å². The van der Waals surface area contributed by atoms with Crippen molar-refractivity contribution in [2.24, 2.45) is 0 Å². The van der Waals surface area contributed by atoms with Crippen molar-refractivity contribution in [2.75, 3.05) is 32.1 Å². The number of carbonyl (C=O) groups is 2. The molecule has 2 amide bonds. The highest BCUT2D eigenvalue weighted by Gasteiger charge is 2.22. The average molecular weight is 509 g/mol. The number of nitrogens with zero attached hydrogens (tertiary/aromatic N) is 1. The predicted octanol–water partition coefficient (Wildman–Crippen LogP) is 4.81. The van der Waals surface area contributed by atoms with E-state index in [0.717, 1.165) is 33.7 Å². The molecule has 3 aromatic carbocycles. The van der Waals surface area contributed by atoms with Crippen LogP contribution < -0.4 is 20.7 Å². The number of rotatable bonds is 11. The SMILES string of the molecule is COc1ccc(NCCNC(=O)C(CNC(=O)c2cccc(C)c2)c2ccc(-c3ccncc3)cc2)cc1. The lowest BCUT2D eigenvalue weighted by Crippen LogP contribution is -2.39. The molecule has 0 fully saturated rings. The molecule has 0 spiro atoms. The number of methoxy groups -OCH3 is 1. The lowest BCUT2D eigenvalue weighted by atomic mass is 9.95. The summed E-state index contributed by atoms with van der Waals surface area (Å²) >= 11 is 0. The van der Waals surface area contributed by atoms with Gasteiger partial charge in [-0.15, -0.1) is 0 Å². The molecule has 0 aliphatic heterocycles. The van der Waals surface area contributed by atoms with Crippen LogP contribution in [0.25, 0.3) is 11.1 Å². The van der Waals surface area contributed by atoms with E-state index in [9.17, 15) is 9.59 Å². The fourth-order valence-corrected chi connectivity index (χ4v) is 4.12. The monoisotopic (exact) mass is 508 g/mol. The van der Waals surface area contributed by atoms with Gasteiger partial charge in [0, 0.05) is 43.3 Å². The number of nitrogens with one attached hydrogen (secondary N) is 3. The minimum absolute atomic E-state index is 0.150. The Labute approximate surface area is 223 Å². The summed E-state index contributed by atoms with van der Waals surface area (Å²) in [5.41, 5.74) is 5.42. The van der Waals surface area contributed by atoms with Crippen LogP contribution in [0, 0.1) is 6.92 Å². The number of aryl methyl sites for hydroxylation is 1. The molecule has 194 valence electrons. The molecule has 0 aliphatic carbocycles. The second-order valence-electron chi connectivity index (χ2n) is 8.94. The van der Waals surface area contributed by atoms with Crippen LogP contribution in [0.1, 0.15) is 27.4 Å². The molecule has 0 radical (unpaired) electrons. The summed E-state index contributed by atoms with van der Waals surface area (Å²) < 4.78 is 5.18. The molecule has 4 aromatic rings. The highest BCUT2D eigenvalue weighted by molar-refractivity contribution is 5.95. The van der Waals surface area contributed by atoms with Crippen molar-refractivity contribution in [3.05, 3.63) is 114 Å². The molecule has 1 unspecified atom stereocenters. The van der Waals surface area contributed by atoms with Crippen molar-refractivity contribution in [1.29, 1.82) is 0 Å². The van der Waals surface area contributed by atoms with E-state index in [4.69, 9.17) is 4.74 Å². The van der Waals surface area contributed by atoms with Crippen molar-refractivity contribution in [1.82, 2.24) is 15.6 Å². The fourth-order valence-electron chi connectivity index (χ4n) is 4.12. The zero-order valence-electron chi connectivity index (χ0n) is 21.6. The van der Waals surface area contributed by atoms with Gasteiger partial charge in [0.05, 0.1) is 13.0 Å². The first-order valence-electron chi connectivity index (χ1n) is 12.5. The first kappa shape index (κ1) is 26.4. The molecule has 4 rings (SSSR count). The van der Waals surface area contributed by atoms with Gasteiger partial charge in [0.1, 0.15) is 5.75 Å². The van der Waals surface area contributed by atoms with Crippen molar-refractivity contribution >= 4 is 17.5 Å². The second kappa shape index (κ2) is 13.1. The van der Waals surface area contributed by atoms with E-state index in [0.29, 0.717) is 18.7 Å². The predicted molar refractivity (Wildman–Crippen MR) is 150 cm³/mol. The van der Waals surface area contributed by atoms with Crippen LogP contribution in [0.15, 0.2) is 97.3 Å². The number of ether oxygens (including phenoxy) is 1. The summed E-state index contributed by atoms with van der Waals surface area (Å²) in [6, 6.07) is 26.7. The van der Waals surface area contributed by atoms with Crippen LogP contribution in [-0.2, 0) is 4.79 Å². The Kier molecular flexibility index (Phi) is 9.07. The maximum Gasteiger partial charge on any atom is 0.251 e. The third-order valence-electron chi connectivity index (χ3n) is 6.23. The molecule has 7 nitrogen and oxygen atoms in total. The molecule has 38 heavy (non-hydrogen) atoms. The molecule has 0 aliphatic rings. The number of carbonyl (C=O) groups excluding carboxylic acids is 2. The number of pyridine rings is 1. The van der Waals surface area contributed by atoms with Crippen molar-refractivity contribution in [2.45, 2.75) is 12.8 Å². The third kappa shape index (κ3) is 7.20. The maximum atomic E-state index is 13.3. The number of aromatic nitrogens is 1. The minimum atomic E-state index is -0.545. The number of anilines is 1. The van der Waals surface area contributed by atoms with Crippen LogP contribution in [0.3, 0.4) is 0 Å². The quantitative estimate of drug-likeness (QED) is 0.253. The number of amides is 2. The highest BCUT2D eigenvalue weighted by Crippen LogP contribution is 2.23. The van der Waals surface area contributed by atoms with Crippen LogP contribution in [0.5, 0.6) is 5.75 Å². The second-order valence-corrected chi connectivity index (χ2v) is 8.94. The van der Waals surface area contributed by atoms with Gasteiger partial charge in [-0.3, -0.25) is 14.6 Å². The Morgan fingerprint density at radius 2 is 1.55 bits per heavy atom. The number of hydrogen-bond acceptors (Lipinski definition) is 5. The highest BCUT2D eigenvalue weighted by atomic mass is 16.5. The Morgan fingerprint density at radius 1 is 0.842 bits per heavy atom. The zero-order valence-corrected chi connectivity index (χ0v) is 21.6.